The third kappa shape index (κ3) is 3.97. The van der Waals surface area contributed by atoms with Gasteiger partial charge in [0.1, 0.15) is 5.82 Å². The summed E-state index contributed by atoms with van der Waals surface area (Å²) in [7, 11) is 0. The Morgan fingerprint density at radius 2 is 2.10 bits per heavy atom. The molecule has 3 aromatic heterocycles. The van der Waals surface area contributed by atoms with Gasteiger partial charge in [0, 0.05) is 43.2 Å². The van der Waals surface area contributed by atoms with Crippen molar-refractivity contribution >= 4 is 5.91 Å². The molecule has 1 aliphatic rings. The zero-order valence-corrected chi connectivity index (χ0v) is 17.7. The first-order valence-electron chi connectivity index (χ1n) is 10.6. The first-order chi connectivity index (χ1) is 14.6. The number of carbonyl (C=O) groups excluding carboxylic acids is 1. The van der Waals surface area contributed by atoms with Gasteiger partial charge in [-0.05, 0) is 42.9 Å². The fraction of sp³-hybridized carbons (Fsp3) is 0.435. The van der Waals surface area contributed by atoms with Gasteiger partial charge in [-0.2, -0.15) is 0 Å². The molecule has 4 rings (SSSR count). The molecule has 7 nitrogen and oxygen atoms in total. The van der Waals surface area contributed by atoms with Crippen molar-refractivity contribution in [1.29, 1.82) is 0 Å². The molecule has 1 fully saturated rings. The number of hydrogen-bond donors (Lipinski definition) is 0. The number of nitrogens with zero attached hydrogens (tertiary/aromatic N) is 5. The van der Waals surface area contributed by atoms with Gasteiger partial charge in [-0.1, -0.05) is 25.9 Å². The fourth-order valence-corrected chi connectivity index (χ4v) is 3.88. The molecule has 156 valence electrons. The summed E-state index contributed by atoms with van der Waals surface area (Å²) in [6.07, 6.45) is 8.97. The van der Waals surface area contributed by atoms with E-state index in [2.05, 4.69) is 22.0 Å². The number of aromatic nitrogens is 4. The van der Waals surface area contributed by atoms with Crippen LogP contribution in [-0.4, -0.2) is 37.5 Å². The maximum absolute atomic E-state index is 13.3. The van der Waals surface area contributed by atoms with Gasteiger partial charge in [-0.3, -0.25) is 9.78 Å². The quantitative estimate of drug-likeness (QED) is 0.597. The molecule has 0 aliphatic carbocycles. The molecule has 4 heterocycles. The van der Waals surface area contributed by atoms with Gasteiger partial charge >= 0.3 is 0 Å². The smallest absolute Gasteiger partial charge is 0.293 e. The van der Waals surface area contributed by atoms with Crippen molar-refractivity contribution in [1.82, 2.24) is 25.0 Å². The van der Waals surface area contributed by atoms with E-state index < -0.39 is 0 Å². The van der Waals surface area contributed by atoms with Crippen molar-refractivity contribution in [3.8, 4) is 11.1 Å². The van der Waals surface area contributed by atoms with Crippen molar-refractivity contribution in [2.24, 2.45) is 0 Å². The van der Waals surface area contributed by atoms with Crippen molar-refractivity contribution in [2.45, 2.75) is 58.4 Å². The van der Waals surface area contributed by atoms with Crippen LogP contribution in [0.3, 0.4) is 0 Å². The third-order valence-corrected chi connectivity index (χ3v) is 5.49. The number of hydrogen-bond acceptors (Lipinski definition) is 6. The van der Waals surface area contributed by atoms with Gasteiger partial charge < -0.3 is 9.42 Å². The van der Waals surface area contributed by atoms with E-state index in [-0.39, 0.29) is 17.9 Å². The van der Waals surface area contributed by atoms with Gasteiger partial charge in [-0.15, -0.1) is 0 Å². The second kappa shape index (κ2) is 8.73. The van der Waals surface area contributed by atoms with E-state index >= 15 is 0 Å². The molecule has 30 heavy (non-hydrogen) atoms. The molecule has 3 aromatic rings. The van der Waals surface area contributed by atoms with E-state index in [0.717, 1.165) is 54.0 Å². The number of aryl methyl sites for hydroxylation is 1. The van der Waals surface area contributed by atoms with Crippen molar-refractivity contribution in [3.05, 3.63) is 59.8 Å². The van der Waals surface area contributed by atoms with Crippen LogP contribution < -0.4 is 0 Å². The second-order valence-electron chi connectivity index (χ2n) is 8.00. The summed E-state index contributed by atoms with van der Waals surface area (Å²) in [4.78, 5) is 28.7. The summed E-state index contributed by atoms with van der Waals surface area (Å²) in [5, 5.41) is 4.05. The van der Waals surface area contributed by atoms with Gasteiger partial charge in [0.25, 0.3) is 5.91 Å². The largest absolute Gasteiger partial charge is 0.351 e. The molecule has 1 amide bonds. The minimum Gasteiger partial charge on any atom is -0.351 e. The Labute approximate surface area is 176 Å². The molecule has 0 saturated carbocycles. The lowest BCUT2D eigenvalue weighted by atomic mass is 10.00. The predicted octanol–water partition coefficient (Wildman–Crippen LogP) is 4.58. The first kappa shape index (κ1) is 20.2. The highest BCUT2D eigenvalue weighted by atomic mass is 16.5. The van der Waals surface area contributed by atoms with Crippen LogP contribution in [0.15, 0.2) is 41.3 Å². The Bertz CT molecular complexity index is 1020. The highest BCUT2D eigenvalue weighted by Crippen LogP contribution is 2.37. The zero-order chi connectivity index (χ0) is 21.1. The molecule has 1 atom stereocenters. The summed E-state index contributed by atoms with van der Waals surface area (Å²) in [6, 6.07) is 5.55. The third-order valence-electron chi connectivity index (χ3n) is 5.49. The maximum Gasteiger partial charge on any atom is 0.293 e. The topological polar surface area (TPSA) is 85.0 Å². The maximum atomic E-state index is 13.3. The van der Waals surface area contributed by atoms with Crippen LogP contribution in [-0.2, 0) is 6.42 Å². The van der Waals surface area contributed by atoms with E-state index in [0.29, 0.717) is 12.3 Å². The molecule has 0 aromatic carbocycles. The molecule has 1 aliphatic heterocycles. The molecule has 0 N–H and O–H groups in total. The van der Waals surface area contributed by atoms with Crippen LogP contribution in [0.1, 0.15) is 79.8 Å². The van der Waals surface area contributed by atoms with Crippen LogP contribution >= 0.6 is 0 Å². The summed E-state index contributed by atoms with van der Waals surface area (Å²) >= 11 is 0. The van der Waals surface area contributed by atoms with E-state index in [4.69, 9.17) is 9.51 Å². The normalized spacial score (nSPS) is 16.4. The monoisotopic (exact) mass is 405 g/mol. The van der Waals surface area contributed by atoms with Gasteiger partial charge in [0.2, 0.25) is 5.76 Å². The summed E-state index contributed by atoms with van der Waals surface area (Å²) in [5.41, 5.74) is 3.64. The highest BCUT2D eigenvalue weighted by Gasteiger charge is 2.35. The minimum atomic E-state index is -0.131. The molecule has 7 heteroatoms. The predicted molar refractivity (Wildman–Crippen MR) is 113 cm³/mol. The number of likely N-dealkylation sites (tertiary alicyclic amines) is 1. The molecule has 0 unspecified atom stereocenters. The molecule has 0 radical (unpaired) electrons. The molecule has 0 bridgehead atoms. The Morgan fingerprint density at radius 3 is 2.80 bits per heavy atom. The van der Waals surface area contributed by atoms with E-state index in [1.807, 2.05) is 37.1 Å². The van der Waals surface area contributed by atoms with E-state index in [1.54, 1.807) is 18.5 Å². The number of amides is 1. The van der Waals surface area contributed by atoms with E-state index in [9.17, 15) is 4.79 Å². The standard InChI is InChI=1S/C23H27N5O2/c1-4-6-21-25-14-17(16-8-10-24-11-9-16)22(26-21)19-7-5-12-28(19)23(29)20-13-18(15(2)3)27-30-20/h8-11,13-15,19H,4-7,12H2,1-3H3/t19-/m1/s1. The Morgan fingerprint density at radius 1 is 1.30 bits per heavy atom. The zero-order valence-electron chi connectivity index (χ0n) is 17.7. The Balaban J connectivity index is 1.72. The van der Waals surface area contributed by atoms with Crippen LogP contribution in [0.25, 0.3) is 11.1 Å². The molecular weight excluding hydrogens is 378 g/mol. The van der Waals surface area contributed by atoms with E-state index in [1.165, 1.54) is 0 Å². The van der Waals surface area contributed by atoms with Crippen LogP contribution in [0.4, 0.5) is 0 Å². The molecule has 1 saturated heterocycles. The SMILES string of the molecule is CCCc1ncc(-c2ccncc2)c([C@H]2CCCN2C(=O)c2cc(C(C)C)no2)n1. The van der Waals surface area contributed by atoms with Crippen LogP contribution in [0, 0.1) is 0 Å². The number of pyridine rings is 1. The first-order valence-corrected chi connectivity index (χ1v) is 10.6. The average Bonchev–Trinajstić information content (AvgIpc) is 3.44. The van der Waals surface area contributed by atoms with Gasteiger partial charge in [0.05, 0.1) is 17.4 Å². The fourth-order valence-electron chi connectivity index (χ4n) is 3.88. The number of carbonyl (C=O) groups is 1. The lowest BCUT2D eigenvalue weighted by Crippen LogP contribution is -2.31. The summed E-state index contributed by atoms with van der Waals surface area (Å²) in [5.74, 6) is 1.18. The second-order valence-corrected chi connectivity index (χ2v) is 8.00. The van der Waals surface area contributed by atoms with Crippen molar-refractivity contribution in [2.75, 3.05) is 6.54 Å². The molecule has 0 spiro atoms. The average molecular weight is 406 g/mol. The lowest BCUT2D eigenvalue weighted by Gasteiger charge is -2.25. The Hall–Kier alpha value is -3.09. The molecular formula is C23H27N5O2. The van der Waals surface area contributed by atoms with Crippen molar-refractivity contribution in [3.63, 3.8) is 0 Å². The lowest BCUT2D eigenvalue weighted by molar-refractivity contribution is 0.0690. The highest BCUT2D eigenvalue weighted by molar-refractivity contribution is 5.92. The van der Waals surface area contributed by atoms with Gasteiger partial charge in [0.15, 0.2) is 0 Å². The summed E-state index contributed by atoms with van der Waals surface area (Å²) in [6.45, 7) is 6.84. The van der Waals surface area contributed by atoms with Crippen molar-refractivity contribution < 1.29 is 9.32 Å². The number of rotatable bonds is 6. The summed E-state index contributed by atoms with van der Waals surface area (Å²) < 4.78 is 5.38. The van der Waals surface area contributed by atoms with Crippen LogP contribution in [0.5, 0.6) is 0 Å². The van der Waals surface area contributed by atoms with Crippen LogP contribution in [0.2, 0.25) is 0 Å². The minimum absolute atomic E-state index is 0.119. The Kier molecular flexibility index (Phi) is 5.88. The van der Waals surface area contributed by atoms with Gasteiger partial charge in [-0.25, -0.2) is 9.97 Å².